The lowest BCUT2D eigenvalue weighted by molar-refractivity contribution is 0.397. The van der Waals surface area contributed by atoms with Crippen LogP contribution in [0, 0.1) is 6.92 Å². The molecule has 0 amide bonds. The van der Waals surface area contributed by atoms with Gasteiger partial charge in [0.15, 0.2) is 11.5 Å². The number of fused-ring (bicyclic) bond motifs is 1. The summed E-state index contributed by atoms with van der Waals surface area (Å²) in [7, 11) is 1.62. The number of benzene rings is 1. The molecule has 9 nitrogen and oxygen atoms in total. The molecule has 1 atom stereocenters. The van der Waals surface area contributed by atoms with Crippen LogP contribution in [-0.4, -0.2) is 46.4 Å². The summed E-state index contributed by atoms with van der Waals surface area (Å²) in [5.41, 5.74) is 5.75. The summed E-state index contributed by atoms with van der Waals surface area (Å²) in [6.07, 6.45) is 9.48. The van der Waals surface area contributed by atoms with E-state index in [1.807, 2.05) is 24.0 Å². The van der Waals surface area contributed by atoms with Gasteiger partial charge in [-0.05, 0) is 39.2 Å². The zero-order chi connectivity index (χ0) is 24.8. The summed E-state index contributed by atoms with van der Waals surface area (Å²) in [6, 6.07) is 8.50. The Kier molecular flexibility index (Phi) is 5.47. The third-order valence-corrected chi connectivity index (χ3v) is 6.81. The van der Waals surface area contributed by atoms with E-state index in [1.165, 1.54) is 0 Å². The highest BCUT2D eigenvalue weighted by Crippen LogP contribution is 2.45. The van der Waals surface area contributed by atoms with Crippen LogP contribution in [0.1, 0.15) is 55.6 Å². The van der Waals surface area contributed by atoms with E-state index in [2.05, 4.69) is 68.9 Å². The highest BCUT2D eigenvalue weighted by molar-refractivity contribution is 5.77. The summed E-state index contributed by atoms with van der Waals surface area (Å²) in [5.74, 6) is 2.46. The van der Waals surface area contributed by atoms with Gasteiger partial charge in [0.2, 0.25) is 5.88 Å². The van der Waals surface area contributed by atoms with Crippen LogP contribution in [0.15, 0.2) is 49.2 Å². The van der Waals surface area contributed by atoms with Gasteiger partial charge in [0, 0.05) is 30.4 Å². The summed E-state index contributed by atoms with van der Waals surface area (Å²) < 4.78 is 9.68. The van der Waals surface area contributed by atoms with Gasteiger partial charge >= 0.3 is 0 Å². The van der Waals surface area contributed by atoms with Crippen molar-refractivity contribution in [1.82, 2.24) is 39.3 Å². The standard InChI is InChI=1S/C27H28N8O/c1-5-34-14-16(2)32-25(34)20-10-6-18(7-11-20)17(3)35-26-21(13-31-35)12-28-24(33-26)22-23(19-8-9-19)29-15-30-27(22)36-4/h6-7,10-15,17,19H,5,8-9H2,1-4H3/t17-/m0/s1. The molecular formula is C27H28N8O. The largest absolute Gasteiger partial charge is 0.480 e. The van der Waals surface area contributed by atoms with Gasteiger partial charge in [-0.25, -0.2) is 29.6 Å². The van der Waals surface area contributed by atoms with Crippen molar-refractivity contribution in [3.8, 4) is 28.7 Å². The zero-order valence-electron chi connectivity index (χ0n) is 20.9. The molecule has 1 aliphatic rings. The molecule has 36 heavy (non-hydrogen) atoms. The highest BCUT2D eigenvalue weighted by atomic mass is 16.5. The van der Waals surface area contributed by atoms with Crippen molar-refractivity contribution in [3.05, 3.63) is 66.1 Å². The maximum Gasteiger partial charge on any atom is 0.227 e. The van der Waals surface area contributed by atoms with Crippen molar-refractivity contribution >= 4 is 11.0 Å². The Hall–Kier alpha value is -4.14. The molecule has 1 aliphatic carbocycles. The molecule has 9 heteroatoms. The Labute approximate surface area is 209 Å². The molecule has 0 radical (unpaired) electrons. The lowest BCUT2D eigenvalue weighted by atomic mass is 10.1. The van der Waals surface area contributed by atoms with Crippen LogP contribution in [0.4, 0.5) is 0 Å². The minimum atomic E-state index is -0.0243. The number of hydrogen-bond acceptors (Lipinski definition) is 7. The number of hydrogen-bond donors (Lipinski definition) is 0. The maximum atomic E-state index is 5.56. The molecule has 4 heterocycles. The van der Waals surface area contributed by atoms with Crippen molar-refractivity contribution in [2.24, 2.45) is 0 Å². The van der Waals surface area contributed by atoms with E-state index in [-0.39, 0.29) is 6.04 Å². The molecule has 182 valence electrons. The second kappa shape index (κ2) is 8.82. The summed E-state index contributed by atoms with van der Waals surface area (Å²) in [6.45, 7) is 7.16. The van der Waals surface area contributed by atoms with E-state index in [1.54, 1.807) is 13.4 Å². The van der Waals surface area contributed by atoms with Crippen LogP contribution >= 0.6 is 0 Å². The first-order valence-corrected chi connectivity index (χ1v) is 12.3. The fourth-order valence-corrected chi connectivity index (χ4v) is 4.72. The minimum Gasteiger partial charge on any atom is -0.480 e. The summed E-state index contributed by atoms with van der Waals surface area (Å²) in [4.78, 5) is 23.1. The van der Waals surface area contributed by atoms with Crippen molar-refractivity contribution in [2.75, 3.05) is 7.11 Å². The zero-order valence-corrected chi connectivity index (χ0v) is 20.9. The van der Waals surface area contributed by atoms with Crippen LogP contribution in [0.3, 0.4) is 0 Å². The van der Waals surface area contributed by atoms with Gasteiger partial charge in [0.25, 0.3) is 0 Å². The van der Waals surface area contributed by atoms with Gasteiger partial charge in [-0.3, -0.25) is 0 Å². The monoisotopic (exact) mass is 480 g/mol. The number of nitrogens with zero attached hydrogens (tertiary/aromatic N) is 8. The molecule has 6 rings (SSSR count). The molecule has 5 aromatic rings. The topological polar surface area (TPSA) is 96.4 Å². The Balaban J connectivity index is 1.37. The number of imidazole rings is 1. The third kappa shape index (κ3) is 3.80. The molecule has 0 aliphatic heterocycles. The number of aromatic nitrogens is 8. The molecule has 4 aromatic heterocycles. The van der Waals surface area contributed by atoms with Crippen molar-refractivity contribution in [2.45, 2.75) is 52.1 Å². The van der Waals surface area contributed by atoms with Gasteiger partial charge in [-0.2, -0.15) is 5.10 Å². The quantitative estimate of drug-likeness (QED) is 0.324. The van der Waals surface area contributed by atoms with Crippen LogP contribution in [0.2, 0.25) is 0 Å². The van der Waals surface area contributed by atoms with Gasteiger partial charge in [0.05, 0.1) is 36.1 Å². The molecular weight excluding hydrogens is 452 g/mol. The number of aryl methyl sites for hydroxylation is 2. The van der Waals surface area contributed by atoms with Gasteiger partial charge < -0.3 is 9.30 Å². The van der Waals surface area contributed by atoms with Gasteiger partial charge in [0.1, 0.15) is 17.7 Å². The van der Waals surface area contributed by atoms with Crippen molar-refractivity contribution in [3.63, 3.8) is 0 Å². The lowest BCUT2D eigenvalue weighted by Gasteiger charge is -2.15. The molecule has 1 aromatic carbocycles. The molecule has 0 saturated heterocycles. The summed E-state index contributed by atoms with van der Waals surface area (Å²) >= 11 is 0. The van der Waals surface area contributed by atoms with E-state index in [4.69, 9.17) is 14.7 Å². The lowest BCUT2D eigenvalue weighted by Crippen LogP contribution is -2.10. The Bertz CT molecular complexity index is 1550. The number of rotatable bonds is 7. The van der Waals surface area contributed by atoms with Crippen molar-refractivity contribution < 1.29 is 4.74 Å². The Morgan fingerprint density at radius 1 is 1.06 bits per heavy atom. The molecule has 1 saturated carbocycles. The van der Waals surface area contributed by atoms with E-state index in [0.717, 1.165) is 64.3 Å². The van der Waals surface area contributed by atoms with Crippen LogP contribution in [0.5, 0.6) is 5.88 Å². The van der Waals surface area contributed by atoms with Crippen LogP contribution in [-0.2, 0) is 6.54 Å². The fraction of sp³-hybridized carbons (Fsp3) is 0.333. The first-order valence-electron chi connectivity index (χ1n) is 12.3. The molecule has 0 bridgehead atoms. The van der Waals surface area contributed by atoms with Gasteiger partial charge in [-0.1, -0.05) is 24.3 Å². The minimum absolute atomic E-state index is 0.0243. The molecule has 0 unspecified atom stereocenters. The van der Waals surface area contributed by atoms with Crippen LogP contribution < -0.4 is 4.74 Å². The highest BCUT2D eigenvalue weighted by Gasteiger charge is 2.31. The fourth-order valence-electron chi connectivity index (χ4n) is 4.72. The van der Waals surface area contributed by atoms with Gasteiger partial charge in [-0.15, -0.1) is 0 Å². The van der Waals surface area contributed by atoms with E-state index in [9.17, 15) is 0 Å². The van der Waals surface area contributed by atoms with E-state index in [0.29, 0.717) is 17.6 Å². The first-order chi connectivity index (χ1) is 17.6. The maximum absolute atomic E-state index is 5.56. The van der Waals surface area contributed by atoms with E-state index >= 15 is 0 Å². The number of ether oxygens (including phenoxy) is 1. The molecule has 0 N–H and O–H groups in total. The Morgan fingerprint density at radius 3 is 2.58 bits per heavy atom. The summed E-state index contributed by atoms with van der Waals surface area (Å²) in [5, 5.41) is 5.55. The average Bonchev–Trinajstić information content (AvgIpc) is 3.57. The predicted octanol–water partition coefficient (Wildman–Crippen LogP) is 4.97. The molecule has 0 spiro atoms. The average molecular weight is 481 g/mol. The number of methoxy groups -OCH3 is 1. The first kappa shape index (κ1) is 22.3. The van der Waals surface area contributed by atoms with E-state index < -0.39 is 0 Å². The van der Waals surface area contributed by atoms with Crippen molar-refractivity contribution in [1.29, 1.82) is 0 Å². The predicted molar refractivity (Wildman–Crippen MR) is 137 cm³/mol. The molecule has 1 fully saturated rings. The third-order valence-electron chi connectivity index (χ3n) is 6.81. The second-order valence-corrected chi connectivity index (χ2v) is 9.27. The normalized spacial score (nSPS) is 14.3. The Morgan fingerprint density at radius 2 is 1.86 bits per heavy atom. The second-order valence-electron chi connectivity index (χ2n) is 9.27. The SMILES string of the molecule is CCn1cc(C)nc1-c1ccc([C@H](C)n2ncc3cnc(-c4c(OC)ncnc4C4CC4)nc32)cc1. The smallest absolute Gasteiger partial charge is 0.227 e. The van der Waals surface area contributed by atoms with Crippen LogP contribution in [0.25, 0.3) is 33.8 Å².